The van der Waals surface area contributed by atoms with Gasteiger partial charge in [-0.25, -0.2) is 0 Å². The van der Waals surface area contributed by atoms with E-state index in [1.807, 2.05) is 13.8 Å². The lowest BCUT2D eigenvalue weighted by Gasteiger charge is -2.42. The first kappa shape index (κ1) is 16.9. The summed E-state index contributed by atoms with van der Waals surface area (Å²) < 4.78 is 11.5. The molecule has 19 heavy (non-hydrogen) atoms. The summed E-state index contributed by atoms with van der Waals surface area (Å²) in [6.07, 6.45) is -0.329. The molecule has 0 radical (unpaired) electrons. The van der Waals surface area contributed by atoms with Crippen molar-refractivity contribution in [1.82, 2.24) is 0 Å². The maximum Gasteiger partial charge on any atom is 0.107 e. The van der Waals surface area contributed by atoms with Crippen LogP contribution < -0.4 is 0 Å². The standard InChI is InChI=1S/C15H30O4/c1-6-14(2,3)9-18-10-15(4,5)13-12(17)11(16)7-8-19-13/h11-13,16-17H,6-10H2,1-5H3. The number of aliphatic hydroxyl groups is 2. The van der Waals surface area contributed by atoms with Gasteiger partial charge in [-0.05, 0) is 18.3 Å². The van der Waals surface area contributed by atoms with Gasteiger partial charge >= 0.3 is 0 Å². The van der Waals surface area contributed by atoms with Gasteiger partial charge in [-0.1, -0.05) is 34.6 Å². The molecule has 1 heterocycles. The van der Waals surface area contributed by atoms with Gasteiger partial charge in [0.1, 0.15) is 6.10 Å². The third kappa shape index (κ3) is 4.71. The zero-order valence-corrected chi connectivity index (χ0v) is 13.0. The molecular weight excluding hydrogens is 244 g/mol. The number of hydrogen-bond acceptors (Lipinski definition) is 4. The summed E-state index contributed by atoms with van der Waals surface area (Å²) in [6.45, 7) is 12.2. The zero-order chi connectivity index (χ0) is 14.7. The largest absolute Gasteiger partial charge is 0.390 e. The van der Waals surface area contributed by atoms with Gasteiger partial charge in [0.15, 0.2) is 0 Å². The molecule has 3 unspecified atom stereocenters. The van der Waals surface area contributed by atoms with Crippen LogP contribution in [0, 0.1) is 10.8 Å². The molecule has 4 heteroatoms. The van der Waals surface area contributed by atoms with Crippen molar-refractivity contribution in [3.8, 4) is 0 Å². The molecule has 0 amide bonds. The summed E-state index contributed by atoms with van der Waals surface area (Å²) >= 11 is 0. The maximum atomic E-state index is 10.0. The van der Waals surface area contributed by atoms with Crippen LogP contribution in [0.15, 0.2) is 0 Å². The molecule has 3 atom stereocenters. The van der Waals surface area contributed by atoms with Gasteiger partial charge in [-0.15, -0.1) is 0 Å². The summed E-state index contributed by atoms with van der Waals surface area (Å²) in [5, 5.41) is 19.8. The SMILES string of the molecule is CCC(C)(C)COCC(C)(C)C1OCCC(O)C1O. The third-order valence-electron chi connectivity index (χ3n) is 4.11. The second-order valence-electron chi connectivity index (χ2n) is 7.14. The summed E-state index contributed by atoms with van der Waals surface area (Å²) in [4.78, 5) is 0. The molecule has 1 rings (SSSR count). The fourth-order valence-corrected chi connectivity index (χ4v) is 2.25. The molecule has 0 saturated carbocycles. The van der Waals surface area contributed by atoms with Crippen LogP contribution in [0.5, 0.6) is 0 Å². The molecule has 0 bridgehead atoms. The Morgan fingerprint density at radius 3 is 2.37 bits per heavy atom. The van der Waals surface area contributed by atoms with E-state index in [1.54, 1.807) is 0 Å². The molecule has 1 saturated heterocycles. The second-order valence-corrected chi connectivity index (χ2v) is 7.14. The molecule has 1 fully saturated rings. The number of hydrogen-bond donors (Lipinski definition) is 2. The molecule has 0 aromatic rings. The van der Waals surface area contributed by atoms with Crippen LogP contribution in [0.2, 0.25) is 0 Å². The molecule has 0 aromatic heterocycles. The molecular formula is C15H30O4. The average molecular weight is 274 g/mol. The van der Waals surface area contributed by atoms with Gasteiger partial charge in [0.25, 0.3) is 0 Å². The van der Waals surface area contributed by atoms with Crippen molar-refractivity contribution in [2.75, 3.05) is 19.8 Å². The fourth-order valence-electron chi connectivity index (χ4n) is 2.25. The van der Waals surface area contributed by atoms with Crippen LogP contribution >= 0.6 is 0 Å². The van der Waals surface area contributed by atoms with Crippen molar-refractivity contribution >= 4 is 0 Å². The van der Waals surface area contributed by atoms with E-state index < -0.39 is 12.2 Å². The molecule has 1 aliphatic rings. The van der Waals surface area contributed by atoms with Crippen molar-refractivity contribution in [3.05, 3.63) is 0 Å². The van der Waals surface area contributed by atoms with E-state index in [9.17, 15) is 10.2 Å². The summed E-state index contributed by atoms with van der Waals surface area (Å²) in [5.74, 6) is 0. The molecule has 0 aliphatic carbocycles. The van der Waals surface area contributed by atoms with E-state index in [0.29, 0.717) is 26.2 Å². The Labute approximate surface area is 117 Å². The van der Waals surface area contributed by atoms with Crippen molar-refractivity contribution in [3.63, 3.8) is 0 Å². The first-order valence-corrected chi connectivity index (χ1v) is 7.25. The number of ether oxygens (including phenoxy) is 2. The smallest absolute Gasteiger partial charge is 0.107 e. The van der Waals surface area contributed by atoms with E-state index in [1.165, 1.54) is 0 Å². The van der Waals surface area contributed by atoms with Gasteiger partial charge in [0.2, 0.25) is 0 Å². The van der Waals surface area contributed by atoms with Crippen LogP contribution in [0.3, 0.4) is 0 Å². The molecule has 1 aliphatic heterocycles. The van der Waals surface area contributed by atoms with E-state index in [0.717, 1.165) is 6.42 Å². The summed E-state index contributed by atoms with van der Waals surface area (Å²) in [5.41, 5.74) is -0.147. The van der Waals surface area contributed by atoms with Gasteiger partial charge in [-0.2, -0.15) is 0 Å². The van der Waals surface area contributed by atoms with Crippen LogP contribution in [0.4, 0.5) is 0 Å². The molecule has 0 spiro atoms. The Morgan fingerprint density at radius 1 is 1.16 bits per heavy atom. The number of rotatable bonds is 6. The Hall–Kier alpha value is -0.160. The van der Waals surface area contributed by atoms with Crippen molar-refractivity contribution in [2.45, 2.75) is 65.8 Å². The Bertz CT molecular complexity index is 275. The maximum absolute atomic E-state index is 10.0. The highest BCUT2D eigenvalue weighted by atomic mass is 16.5. The predicted octanol–water partition coefficient (Wildman–Crippen LogP) is 1.98. The van der Waals surface area contributed by atoms with Crippen molar-refractivity contribution in [2.24, 2.45) is 10.8 Å². The van der Waals surface area contributed by atoms with Crippen molar-refractivity contribution < 1.29 is 19.7 Å². The van der Waals surface area contributed by atoms with Crippen molar-refractivity contribution in [1.29, 1.82) is 0 Å². The van der Waals surface area contributed by atoms with E-state index >= 15 is 0 Å². The zero-order valence-electron chi connectivity index (χ0n) is 13.0. The van der Waals surface area contributed by atoms with Gasteiger partial charge < -0.3 is 19.7 Å². The van der Waals surface area contributed by atoms with E-state index in [2.05, 4.69) is 20.8 Å². The average Bonchev–Trinajstić information content (AvgIpc) is 2.32. The first-order valence-electron chi connectivity index (χ1n) is 7.25. The molecule has 4 nitrogen and oxygen atoms in total. The minimum Gasteiger partial charge on any atom is -0.390 e. The molecule has 114 valence electrons. The topological polar surface area (TPSA) is 58.9 Å². The lowest BCUT2D eigenvalue weighted by molar-refractivity contribution is -0.184. The normalized spacial score (nSPS) is 29.5. The summed E-state index contributed by atoms with van der Waals surface area (Å²) in [6, 6.07) is 0. The quantitative estimate of drug-likeness (QED) is 0.777. The van der Waals surface area contributed by atoms with Crippen LogP contribution in [-0.2, 0) is 9.47 Å². The van der Waals surface area contributed by atoms with E-state index in [4.69, 9.17) is 9.47 Å². The van der Waals surface area contributed by atoms with Crippen LogP contribution in [0.25, 0.3) is 0 Å². The van der Waals surface area contributed by atoms with Crippen LogP contribution in [0.1, 0.15) is 47.5 Å². The Kier molecular flexibility index (Phi) is 5.80. The Morgan fingerprint density at radius 2 is 1.79 bits per heavy atom. The second kappa shape index (κ2) is 6.53. The molecule has 2 N–H and O–H groups in total. The van der Waals surface area contributed by atoms with Gasteiger partial charge in [-0.3, -0.25) is 0 Å². The summed E-state index contributed by atoms with van der Waals surface area (Å²) in [7, 11) is 0. The Balaban J connectivity index is 2.50. The highest BCUT2D eigenvalue weighted by Gasteiger charge is 2.42. The van der Waals surface area contributed by atoms with Gasteiger partial charge in [0.05, 0.1) is 25.4 Å². The fraction of sp³-hybridized carbons (Fsp3) is 1.00. The number of aliphatic hydroxyl groups excluding tert-OH is 2. The molecule has 0 aromatic carbocycles. The van der Waals surface area contributed by atoms with Crippen LogP contribution in [-0.4, -0.2) is 48.3 Å². The van der Waals surface area contributed by atoms with E-state index in [-0.39, 0.29) is 16.9 Å². The minimum atomic E-state index is -0.827. The third-order valence-corrected chi connectivity index (χ3v) is 4.11. The highest BCUT2D eigenvalue weighted by molar-refractivity contribution is 4.91. The highest BCUT2D eigenvalue weighted by Crippen LogP contribution is 2.32. The monoisotopic (exact) mass is 274 g/mol. The lowest BCUT2D eigenvalue weighted by atomic mass is 9.81. The minimum absolute atomic E-state index is 0.168. The predicted molar refractivity (Wildman–Crippen MR) is 75.0 cm³/mol. The lowest BCUT2D eigenvalue weighted by Crippen LogP contribution is -2.53. The van der Waals surface area contributed by atoms with Gasteiger partial charge in [0, 0.05) is 12.0 Å². The first-order chi connectivity index (χ1) is 8.69.